The van der Waals surface area contributed by atoms with Gasteiger partial charge in [-0.2, -0.15) is 4.98 Å². The second-order valence-electron chi connectivity index (χ2n) is 15.7. The number of hydrogen-bond donors (Lipinski definition) is 2. The Bertz CT molecular complexity index is 2190. The van der Waals surface area contributed by atoms with Gasteiger partial charge in [-0.15, -0.1) is 0 Å². The highest BCUT2D eigenvalue weighted by Crippen LogP contribution is 2.37. The molecule has 0 saturated carbocycles. The van der Waals surface area contributed by atoms with Crippen LogP contribution in [-0.2, 0) is 25.7 Å². The molecule has 0 bridgehead atoms. The van der Waals surface area contributed by atoms with E-state index >= 15 is 0 Å². The quantitative estimate of drug-likeness (QED) is 0.132. The fourth-order valence-corrected chi connectivity index (χ4v) is 8.36. The third-order valence-electron chi connectivity index (χ3n) is 11.6. The summed E-state index contributed by atoms with van der Waals surface area (Å²) in [7, 11) is 1.77. The first-order valence-electron chi connectivity index (χ1n) is 20.6. The summed E-state index contributed by atoms with van der Waals surface area (Å²) in [6, 6.07) is 8.66. The molecular weight excluding hydrogens is 755 g/mol. The predicted molar refractivity (Wildman–Crippen MR) is 221 cm³/mol. The lowest BCUT2D eigenvalue weighted by molar-refractivity contribution is -0.136. The number of pyridine rings is 1. The Morgan fingerprint density at radius 1 is 0.898 bits per heavy atom. The normalized spacial score (nSPS) is 19.6. The molecule has 1 unspecified atom stereocenters. The van der Waals surface area contributed by atoms with Crippen molar-refractivity contribution in [1.29, 1.82) is 0 Å². The van der Waals surface area contributed by atoms with E-state index in [2.05, 4.69) is 60.3 Å². The van der Waals surface area contributed by atoms with Gasteiger partial charge < -0.3 is 29.0 Å². The molecule has 4 aliphatic heterocycles. The number of ether oxygens (including phenoxy) is 3. The van der Waals surface area contributed by atoms with Gasteiger partial charge in [0.15, 0.2) is 0 Å². The van der Waals surface area contributed by atoms with Crippen LogP contribution in [0, 0.1) is 0 Å². The summed E-state index contributed by atoms with van der Waals surface area (Å²) in [5, 5.41) is 5.70. The van der Waals surface area contributed by atoms with Crippen molar-refractivity contribution in [2.75, 3.05) is 82.9 Å². The van der Waals surface area contributed by atoms with Gasteiger partial charge in [-0.25, -0.2) is 15.0 Å². The molecule has 8 rings (SSSR count). The maximum atomic E-state index is 13.3. The first-order chi connectivity index (χ1) is 28.6. The van der Waals surface area contributed by atoms with Gasteiger partial charge in [0.05, 0.1) is 30.0 Å². The van der Waals surface area contributed by atoms with Gasteiger partial charge >= 0.3 is 0 Å². The number of amides is 3. The van der Waals surface area contributed by atoms with Crippen LogP contribution >= 0.6 is 0 Å². The Morgan fingerprint density at radius 2 is 1.66 bits per heavy atom. The summed E-state index contributed by atoms with van der Waals surface area (Å²) in [4.78, 5) is 64.6. The second kappa shape index (κ2) is 17.8. The highest BCUT2D eigenvalue weighted by molar-refractivity contribution is 6.12. The van der Waals surface area contributed by atoms with Gasteiger partial charge in [0.1, 0.15) is 48.0 Å². The van der Waals surface area contributed by atoms with E-state index in [0.29, 0.717) is 66.1 Å². The lowest BCUT2D eigenvalue weighted by atomic mass is 10.0. The van der Waals surface area contributed by atoms with Gasteiger partial charge in [-0.1, -0.05) is 6.58 Å². The molecule has 312 valence electrons. The molecule has 4 aliphatic rings. The number of carbonyl (C=O) groups excluding carboxylic acids is 3. The first-order valence-corrected chi connectivity index (χ1v) is 20.6. The largest absolute Gasteiger partial charge is 0.492 e. The van der Waals surface area contributed by atoms with E-state index < -0.39 is 11.9 Å². The minimum Gasteiger partial charge on any atom is -0.492 e. The highest BCUT2D eigenvalue weighted by Gasteiger charge is 2.41. The van der Waals surface area contributed by atoms with Gasteiger partial charge in [-0.05, 0) is 57.4 Å². The maximum absolute atomic E-state index is 13.3. The number of piperidine rings is 2. The third kappa shape index (κ3) is 8.93. The fourth-order valence-electron chi connectivity index (χ4n) is 8.36. The molecule has 0 aliphatic carbocycles. The van der Waals surface area contributed by atoms with Crippen LogP contribution in [0.25, 0.3) is 16.7 Å². The Morgan fingerprint density at radius 3 is 2.39 bits per heavy atom. The molecule has 4 aromatic rings. The number of piperazine rings is 1. The topological polar surface area (TPSA) is 172 Å². The highest BCUT2D eigenvalue weighted by atomic mass is 16.5. The monoisotopic (exact) mass is 807 g/mol. The van der Waals surface area contributed by atoms with Crippen LogP contribution in [0.15, 0.2) is 49.3 Å². The summed E-state index contributed by atoms with van der Waals surface area (Å²) in [5.74, 6) is 2.44. The van der Waals surface area contributed by atoms with E-state index in [1.54, 1.807) is 25.6 Å². The zero-order valence-corrected chi connectivity index (χ0v) is 34.1. The zero-order valence-electron chi connectivity index (χ0n) is 34.1. The minimum absolute atomic E-state index is 0.173. The van der Waals surface area contributed by atoms with Crippen molar-refractivity contribution in [2.24, 2.45) is 0 Å². The van der Waals surface area contributed by atoms with Crippen LogP contribution in [0.1, 0.15) is 67.3 Å². The molecule has 59 heavy (non-hydrogen) atoms. The van der Waals surface area contributed by atoms with Crippen molar-refractivity contribution < 1.29 is 28.6 Å². The van der Waals surface area contributed by atoms with Gasteiger partial charge in [0, 0.05) is 95.5 Å². The minimum atomic E-state index is -0.748. The van der Waals surface area contributed by atoms with Crippen molar-refractivity contribution >= 4 is 52.0 Å². The molecule has 1 aromatic carbocycles. The lowest BCUT2D eigenvalue weighted by Gasteiger charge is -2.34. The third-order valence-corrected chi connectivity index (χ3v) is 11.6. The molecule has 3 amide bonds. The smallest absolute Gasteiger partial charge is 0.259 e. The van der Waals surface area contributed by atoms with E-state index in [1.807, 2.05) is 24.3 Å². The SMILES string of the molecule is C=C1c2ccc(OCCN3CCN(CCOCc4nc5cnc(Nc6ccnc(N7CCC(OC)CC7)n6)cc5n4C(C)C)CC3)cc2C(=O)N1C1CCC(=O)NC1=O. The molecular formula is C42H53N11O6. The number of nitrogens with zero attached hydrogens (tertiary/aromatic N) is 9. The van der Waals surface area contributed by atoms with E-state index in [0.717, 1.165) is 82.1 Å². The molecule has 3 aromatic heterocycles. The fraction of sp³-hybridized carbons (Fsp3) is 0.500. The van der Waals surface area contributed by atoms with Crippen LogP contribution in [-0.4, -0.2) is 142 Å². The summed E-state index contributed by atoms with van der Waals surface area (Å²) < 4.78 is 20.0. The molecule has 0 radical (unpaired) electrons. The number of rotatable bonds is 15. The molecule has 2 N–H and O–H groups in total. The van der Waals surface area contributed by atoms with E-state index in [4.69, 9.17) is 24.2 Å². The number of methoxy groups -OCH3 is 1. The standard InChI is InChI=1S/C42H53N11O6/c1-27(2)52-35-24-37(46-36-9-12-43-42(47-36)51-13-10-29(57-4)11-14-51)44-25-33(35)45-38(52)26-58-21-19-49-15-17-50(18-16-49)20-22-59-30-5-6-31-28(3)53(41(56)32(31)23-30)34-7-8-39(54)48-40(34)55/h5-6,9,12,23-25,27,29,34H,3,7-8,10-11,13-22,26H2,1-2,4H3,(H,48,54,55)(H,43,44,46,47). The Kier molecular flexibility index (Phi) is 12.1. The number of nitrogens with one attached hydrogen (secondary N) is 2. The van der Waals surface area contributed by atoms with Gasteiger partial charge in [-0.3, -0.25) is 34.4 Å². The molecule has 17 nitrogen and oxygen atoms in total. The van der Waals surface area contributed by atoms with Crippen LogP contribution in [0.3, 0.4) is 0 Å². The predicted octanol–water partition coefficient (Wildman–Crippen LogP) is 3.61. The molecule has 3 saturated heterocycles. The van der Waals surface area contributed by atoms with Crippen LogP contribution in [0.4, 0.5) is 17.6 Å². The molecule has 3 fully saturated rings. The summed E-state index contributed by atoms with van der Waals surface area (Å²) in [5.41, 5.74) is 3.40. The lowest BCUT2D eigenvalue weighted by Crippen LogP contribution is -2.52. The average molecular weight is 808 g/mol. The van der Waals surface area contributed by atoms with Gasteiger partial charge in [0.25, 0.3) is 5.91 Å². The number of anilines is 3. The number of aromatic nitrogens is 5. The van der Waals surface area contributed by atoms with Crippen LogP contribution in [0.2, 0.25) is 0 Å². The Balaban J connectivity index is 0.773. The maximum Gasteiger partial charge on any atom is 0.259 e. The summed E-state index contributed by atoms with van der Waals surface area (Å²) in [6.07, 6.45) is 6.24. The number of fused-ring (bicyclic) bond motifs is 2. The van der Waals surface area contributed by atoms with Crippen molar-refractivity contribution in [2.45, 2.75) is 64.3 Å². The van der Waals surface area contributed by atoms with Crippen LogP contribution < -0.4 is 20.3 Å². The number of hydrogen-bond acceptors (Lipinski definition) is 14. The second-order valence-corrected chi connectivity index (χ2v) is 15.7. The molecule has 17 heteroatoms. The zero-order chi connectivity index (χ0) is 41.0. The first kappa shape index (κ1) is 40.3. The van der Waals surface area contributed by atoms with Crippen molar-refractivity contribution in [3.63, 3.8) is 0 Å². The van der Waals surface area contributed by atoms with Crippen molar-refractivity contribution in [3.8, 4) is 5.75 Å². The molecule has 0 spiro atoms. The summed E-state index contributed by atoms with van der Waals surface area (Å²) >= 11 is 0. The van der Waals surface area contributed by atoms with Crippen LogP contribution in [0.5, 0.6) is 5.75 Å². The number of carbonyl (C=O) groups is 3. The van der Waals surface area contributed by atoms with E-state index in [-0.39, 0.29) is 30.7 Å². The number of imide groups is 1. The number of imidazole rings is 1. The Labute approximate surface area is 343 Å². The average Bonchev–Trinajstić information content (AvgIpc) is 3.73. The van der Waals surface area contributed by atoms with Gasteiger partial charge in [0.2, 0.25) is 17.8 Å². The summed E-state index contributed by atoms with van der Waals surface area (Å²) in [6.45, 7) is 16.9. The van der Waals surface area contributed by atoms with E-state index in [1.165, 1.54) is 4.90 Å². The van der Waals surface area contributed by atoms with E-state index in [9.17, 15) is 14.4 Å². The van der Waals surface area contributed by atoms with Crippen molar-refractivity contribution in [3.05, 3.63) is 66.3 Å². The molecule has 7 heterocycles. The number of benzene rings is 1. The Hall–Kier alpha value is -5.49. The molecule has 1 atom stereocenters. The van der Waals surface area contributed by atoms with Crippen molar-refractivity contribution in [1.82, 2.24) is 44.5 Å².